The molecule has 4 heteroatoms. The predicted octanol–water partition coefficient (Wildman–Crippen LogP) is 4.00. The van der Waals surface area contributed by atoms with Gasteiger partial charge >= 0.3 is 0 Å². The highest BCUT2D eigenvalue weighted by Gasteiger charge is 2.32. The fourth-order valence-electron chi connectivity index (χ4n) is 3.01. The molecule has 1 fully saturated rings. The molecule has 0 spiro atoms. The predicted molar refractivity (Wildman–Crippen MR) is 82.2 cm³/mol. The molecule has 1 saturated carbocycles. The molecule has 0 bridgehead atoms. The molecule has 1 aromatic heterocycles. The van der Waals surface area contributed by atoms with Crippen LogP contribution in [0.4, 0.5) is 0 Å². The lowest BCUT2D eigenvalue weighted by Gasteiger charge is -2.27. The number of aryl methyl sites for hydroxylation is 1. The summed E-state index contributed by atoms with van der Waals surface area (Å²) < 4.78 is 0. The molecule has 1 aliphatic rings. The molecular weight excluding hydrogens is 272 g/mol. The number of carbonyl (C=O) groups is 1. The Bertz CT molecular complexity index is 481. The van der Waals surface area contributed by atoms with Gasteiger partial charge in [-0.25, -0.2) is 4.98 Å². The van der Waals surface area contributed by atoms with E-state index >= 15 is 0 Å². The monoisotopic (exact) mass is 294 g/mol. The zero-order valence-corrected chi connectivity index (χ0v) is 13.1. The Hall–Kier alpha value is -1.09. The average Bonchev–Trinajstić information content (AvgIpc) is 2.93. The normalized spacial score (nSPS) is 17.1. The molecule has 2 rings (SSSR count). The molecule has 0 aliphatic heterocycles. The van der Waals surface area contributed by atoms with Crippen LogP contribution in [0.15, 0.2) is 12.1 Å². The number of amides is 1. The molecule has 110 valence electrons. The van der Waals surface area contributed by atoms with E-state index in [4.69, 9.17) is 11.6 Å². The molecule has 20 heavy (non-hydrogen) atoms. The lowest BCUT2D eigenvalue weighted by atomic mass is 9.83. The fraction of sp³-hybridized carbons (Fsp3) is 0.625. The van der Waals surface area contributed by atoms with E-state index in [1.807, 2.05) is 13.0 Å². The van der Waals surface area contributed by atoms with Crippen LogP contribution < -0.4 is 5.32 Å². The smallest absolute Gasteiger partial charge is 0.251 e. The van der Waals surface area contributed by atoms with Crippen molar-refractivity contribution in [3.63, 3.8) is 0 Å². The largest absolute Gasteiger partial charge is 0.351 e. The van der Waals surface area contributed by atoms with Crippen molar-refractivity contribution in [2.75, 3.05) is 6.54 Å². The van der Waals surface area contributed by atoms with E-state index < -0.39 is 0 Å². The first-order valence-corrected chi connectivity index (χ1v) is 7.91. The molecule has 0 atom stereocenters. The summed E-state index contributed by atoms with van der Waals surface area (Å²) in [6.45, 7) is 4.99. The van der Waals surface area contributed by atoms with E-state index in [1.54, 1.807) is 6.07 Å². The van der Waals surface area contributed by atoms with E-state index in [9.17, 15) is 4.79 Å². The Labute approximate surface area is 126 Å². The van der Waals surface area contributed by atoms with Gasteiger partial charge in [-0.15, -0.1) is 0 Å². The van der Waals surface area contributed by atoms with Gasteiger partial charge in [-0.3, -0.25) is 4.79 Å². The highest BCUT2D eigenvalue weighted by molar-refractivity contribution is 6.29. The van der Waals surface area contributed by atoms with Crippen LogP contribution in [0.3, 0.4) is 0 Å². The Morgan fingerprint density at radius 1 is 1.35 bits per heavy atom. The van der Waals surface area contributed by atoms with Crippen molar-refractivity contribution in [2.24, 2.45) is 5.41 Å². The van der Waals surface area contributed by atoms with Crippen LogP contribution in [0.25, 0.3) is 0 Å². The van der Waals surface area contributed by atoms with Gasteiger partial charge in [-0.2, -0.15) is 0 Å². The quantitative estimate of drug-likeness (QED) is 0.834. The number of aromatic nitrogens is 1. The van der Waals surface area contributed by atoms with Crippen LogP contribution in [0, 0.1) is 5.41 Å². The molecule has 0 radical (unpaired) electrons. The van der Waals surface area contributed by atoms with Gasteiger partial charge in [-0.1, -0.05) is 38.3 Å². The maximum Gasteiger partial charge on any atom is 0.251 e. The van der Waals surface area contributed by atoms with Crippen LogP contribution in [-0.2, 0) is 6.42 Å². The van der Waals surface area contributed by atoms with Gasteiger partial charge in [0.1, 0.15) is 5.15 Å². The SMILES string of the molecule is CCc1cc(C(=O)NCC2(CC)CCCC2)cc(Cl)n1. The summed E-state index contributed by atoms with van der Waals surface area (Å²) in [5, 5.41) is 3.48. The first-order valence-electron chi connectivity index (χ1n) is 7.53. The van der Waals surface area contributed by atoms with E-state index in [1.165, 1.54) is 25.7 Å². The second-order valence-corrected chi connectivity index (χ2v) is 6.15. The zero-order chi connectivity index (χ0) is 14.6. The van der Waals surface area contributed by atoms with Crippen LogP contribution in [0.2, 0.25) is 5.15 Å². The van der Waals surface area contributed by atoms with Crippen molar-refractivity contribution in [2.45, 2.75) is 52.4 Å². The summed E-state index contributed by atoms with van der Waals surface area (Å²) in [4.78, 5) is 16.5. The van der Waals surface area contributed by atoms with E-state index in [0.29, 0.717) is 16.1 Å². The second kappa shape index (κ2) is 6.57. The first kappa shape index (κ1) is 15.3. The Balaban J connectivity index is 2.03. The van der Waals surface area contributed by atoms with Crippen molar-refractivity contribution in [3.05, 3.63) is 28.5 Å². The van der Waals surface area contributed by atoms with Gasteiger partial charge in [-0.05, 0) is 43.2 Å². The summed E-state index contributed by atoms with van der Waals surface area (Å²) >= 11 is 5.96. The first-order chi connectivity index (χ1) is 9.58. The summed E-state index contributed by atoms with van der Waals surface area (Å²) in [6.07, 6.45) is 6.92. The third kappa shape index (κ3) is 3.51. The molecular formula is C16H23ClN2O. The van der Waals surface area contributed by atoms with Gasteiger partial charge < -0.3 is 5.32 Å². The van der Waals surface area contributed by atoms with E-state index in [2.05, 4.69) is 17.2 Å². The molecule has 1 aliphatic carbocycles. The average molecular weight is 295 g/mol. The number of halogens is 1. The molecule has 3 nitrogen and oxygen atoms in total. The number of pyridine rings is 1. The molecule has 1 amide bonds. The van der Waals surface area contributed by atoms with Crippen LogP contribution in [-0.4, -0.2) is 17.4 Å². The molecule has 1 N–H and O–H groups in total. The van der Waals surface area contributed by atoms with Crippen LogP contribution >= 0.6 is 11.6 Å². The lowest BCUT2D eigenvalue weighted by molar-refractivity contribution is 0.0928. The number of carbonyl (C=O) groups excluding carboxylic acids is 1. The van der Waals surface area contributed by atoms with Crippen molar-refractivity contribution in [1.82, 2.24) is 10.3 Å². The minimum Gasteiger partial charge on any atom is -0.351 e. The molecule has 0 saturated heterocycles. The van der Waals surface area contributed by atoms with Crippen molar-refractivity contribution >= 4 is 17.5 Å². The number of hydrogen-bond acceptors (Lipinski definition) is 2. The van der Waals surface area contributed by atoms with Gasteiger partial charge in [0, 0.05) is 17.8 Å². The molecule has 1 heterocycles. The Morgan fingerprint density at radius 2 is 2.05 bits per heavy atom. The van der Waals surface area contributed by atoms with Crippen molar-refractivity contribution < 1.29 is 4.79 Å². The van der Waals surface area contributed by atoms with E-state index in [-0.39, 0.29) is 5.91 Å². The summed E-state index contributed by atoms with van der Waals surface area (Å²) in [5.74, 6) is -0.0382. The second-order valence-electron chi connectivity index (χ2n) is 5.77. The number of nitrogens with one attached hydrogen (secondary N) is 1. The fourth-order valence-corrected chi connectivity index (χ4v) is 3.24. The Morgan fingerprint density at radius 3 is 2.65 bits per heavy atom. The summed E-state index contributed by atoms with van der Waals surface area (Å²) in [6, 6.07) is 3.47. The third-order valence-corrected chi connectivity index (χ3v) is 4.70. The third-order valence-electron chi connectivity index (χ3n) is 4.51. The molecule has 0 aromatic carbocycles. The maximum atomic E-state index is 12.3. The van der Waals surface area contributed by atoms with Crippen LogP contribution in [0.5, 0.6) is 0 Å². The minimum atomic E-state index is -0.0382. The van der Waals surface area contributed by atoms with Crippen molar-refractivity contribution in [3.8, 4) is 0 Å². The van der Waals surface area contributed by atoms with Gasteiger partial charge in [0.25, 0.3) is 5.91 Å². The Kier molecular flexibility index (Phi) is 5.03. The lowest BCUT2D eigenvalue weighted by Crippen LogP contribution is -2.35. The molecule has 0 unspecified atom stereocenters. The van der Waals surface area contributed by atoms with Crippen molar-refractivity contribution in [1.29, 1.82) is 0 Å². The minimum absolute atomic E-state index is 0.0382. The van der Waals surface area contributed by atoms with Crippen LogP contribution in [0.1, 0.15) is 62.0 Å². The standard InChI is InChI=1S/C16H23ClN2O/c1-3-13-9-12(10-14(17)19-13)15(20)18-11-16(4-2)7-5-6-8-16/h9-10H,3-8,11H2,1-2H3,(H,18,20). The summed E-state index contributed by atoms with van der Waals surface area (Å²) in [5.41, 5.74) is 1.78. The topological polar surface area (TPSA) is 42.0 Å². The van der Waals surface area contributed by atoms with E-state index in [0.717, 1.165) is 25.1 Å². The number of rotatable bonds is 5. The van der Waals surface area contributed by atoms with Gasteiger partial charge in [0.05, 0.1) is 0 Å². The highest BCUT2D eigenvalue weighted by Crippen LogP contribution is 2.40. The summed E-state index contributed by atoms with van der Waals surface area (Å²) in [7, 11) is 0. The zero-order valence-electron chi connectivity index (χ0n) is 12.3. The van der Waals surface area contributed by atoms with Gasteiger partial charge in [0.15, 0.2) is 0 Å². The number of hydrogen-bond donors (Lipinski definition) is 1. The molecule has 1 aromatic rings. The number of nitrogens with zero attached hydrogens (tertiary/aromatic N) is 1. The maximum absolute atomic E-state index is 12.3. The highest BCUT2D eigenvalue weighted by atomic mass is 35.5. The van der Waals surface area contributed by atoms with Gasteiger partial charge in [0.2, 0.25) is 0 Å².